The molecule has 0 aliphatic rings. The monoisotopic (exact) mass is 232 g/mol. The fourth-order valence-electron chi connectivity index (χ4n) is 2.11. The van der Waals surface area contributed by atoms with Gasteiger partial charge in [0.2, 0.25) is 0 Å². The second kappa shape index (κ2) is 4.22. The lowest BCUT2D eigenvalue weighted by Gasteiger charge is -2.15. The summed E-state index contributed by atoms with van der Waals surface area (Å²) in [4.78, 5) is 14.1. The summed E-state index contributed by atoms with van der Waals surface area (Å²) in [6.45, 7) is 3.86. The summed E-state index contributed by atoms with van der Waals surface area (Å²) < 4.78 is 0. The average molecular weight is 232 g/mol. The quantitative estimate of drug-likeness (QED) is 0.757. The van der Waals surface area contributed by atoms with Crippen molar-refractivity contribution in [2.45, 2.75) is 25.8 Å². The van der Waals surface area contributed by atoms with Gasteiger partial charge in [-0.25, -0.2) is 0 Å². The van der Waals surface area contributed by atoms with E-state index in [0.717, 1.165) is 22.0 Å². The molecule has 2 atom stereocenters. The fraction of sp³-hybridized carbons (Fsp3) is 0.308. The topological polar surface area (TPSA) is 79.1 Å². The molecule has 0 bridgehead atoms. The van der Waals surface area contributed by atoms with Crippen molar-refractivity contribution in [3.05, 3.63) is 35.5 Å². The summed E-state index contributed by atoms with van der Waals surface area (Å²) in [5, 5.41) is 9.99. The van der Waals surface area contributed by atoms with Crippen molar-refractivity contribution in [3.8, 4) is 0 Å². The maximum Gasteiger partial charge on any atom is 0.321 e. The summed E-state index contributed by atoms with van der Waals surface area (Å²) in [7, 11) is 0. The van der Waals surface area contributed by atoms with Crippen molar-refractivity contribution >= 4 is 16.9 Å². The molecule has 1 heterocycles. The van der Waals surface area contributed by atoms with Crippen LogP contribution in [0.25, 0.3) is 10.9 Å². The van der Waals surface area contributed by atoms with Crippen LogP contribution in [0.2, 0.25) is 0 Å². The Kier molecular flexibility index (Phi) is 2.90. The number of fused-ring (bicyclic) bond motifs is 1. The number of aromatic nitrogens is 1. The molecule has 0 fully saturated rings. The Morgan fingerprint density at radius 2 is 2.18 bits per heavy atom. The van der Waals surface area contributed by atoms with Gasteiger partial charge in [-0.15, -0.1) is 0 Å². The Balaban J connectivity index is 2.50. The number of benzene rings is 1. The maximum atomic E-state index is 10.9. The summed E-state index contributed by atoms with van der Waals surface area (Å²) >= 11 is 0. The molecule has 0 aliphatic carbocycles. The lowest BCUT2D eigenvalue weighted by molar-refractivity contribution is -0.138. The van der Waals surface area contributed by atoms with Crippen LogP contribution in [0, 0.1) is 6.92 Å². The number of carboxylic acids is 1. The molecule has 0 spiro atoms. The molecule has 2 aromatic rings. The van der Waals surface area contributed by atoms with Gasteiger partial charge in [-0.05, 0) is 18.1 Å². The van der Waals surface area contributed by atoms with Crippen molar-refractivity contribution in [3.63, 3.8) is 0 Å². The number of aliphatic carboxylic acids is 1. The number of H-pyrrole nitrogens is 1. The number of nitrogens with one attached hydrogen (secondary N) is 1. The first-order valence-corrected chi connectivity index (χ1v) is 5.57. The van der Waals surface area contributed by atoms with Gasteiger partial charge in [-0.2, -0.15) is 0 Å². The summed E-state index contributed by atoms with van der Waals surface area (Å²) in [6.07, 6.45) is 1.85. The molecule has 4 nitrogen and oxygen atoms in total. The molecule has 0 amide bonds. The van der Waals surface area contributed by atoms with Gasteiger partial charge in [0.1, 0.15) is 6.04 Å². The SMILES string of the molecule is Cc1cccc2c(C(C)[C@H](N)C(=O)O)c[nH]c12. The molecule has 1 aromatic heterocycles. The highest BCUT2D eigenvalue weighted by Gasteiger charge is 2.23. The van der Waals surface area contributed by atoms with Gasteiger partial charge in [0, 0.05) is 23.0 Å². The zero-order chi connectivity index (χ0) is 12.6. The largest absolute Gasteiger partial charge is 0.480 e. The van der Waals surface area contributed by atoms with Gasteiger partial charge < -0.3 is 15.8 Å². The van der Waals surface area contributed by atoms with E-state index in [4.69, 9.17) is 10.8 Å². The van der Waals surface area contributed by atoms with Gasteiger partial charge in [-0.1, -0.05) is 25.1 Å². The van der Waals surface area contributed by atoms with E-state index in [1.54, 1.807) is 0 Å². The van der Waals surface area contributed by atoms with Gasteiger partial charge in [0.25, 0.3) is 0 Å². The number of rotatable bonds is 3. The minimum atomic E-state index is -0.973. The number of para-hydroxylation sites is 1. The van der Waals surface area contributed by atoms with Crippen LogP contribution in [0.1, 0.15) is 24.0 Å². The van der Waals surface area contributed by atoms with Crippen LogP contribution in [0.3, 0.4) is 0 Å². The fourth-order valence-corrected chi connectivity index (χ4v) is 2.11. The average Bonchev–Trinajstić information content (AvgIpc) is 2.72. The van der Waals surface area contributed by atoms with Crippen molar-refractivity contribution in [2.75, 3.05) is 0 Å². The van der Waals surface area contributed by atoms with E-state index in [0.29, 0.717) is 0 Å². The number of carbonyl (C=O) groups is 1. The standard InChI is InChI=1S/C13H16N2O2/c1-7-4-3-5-9-10(6-15-12(7)9)8(2)11(14)13(16)17/h3-6,8,11,15H,14H2,1-2H3,(H,16,17)/t8?,11-/m0/s1. The van der Waals surface area contributed by atoms with Crippen LogP contribution in [-0.2, 0) is 4.79 Å². The van der Waals surface area contributed by atoms with E-state index in [9.17, 15) is 4.79 Å². The molecule has 0 radical (unpaired) electrons. The molecule has 0 saturated carbocycles. The van der Waals surface area contributed by atoms with E-state index in [-0.39, 0.29) is 5.92 Å². The normalized spacial score (nSPS) is 14.8. The smallest absolute Gasteiger partial charge is 0.321 e. The number of aromatic amines is 1. The van der Waals surface area contributed by atoms with Crippen LogP contribution in [-0.4, -0.2) is 22.1 Å². The Labute approximate surface area is 99.4 Å². The molecule has 2 rings (SSSR count). The first-order valence-electron chi connectivity index (χ1n) is 5.57. The molecule has 4 heteroatoms. The van der Waals surface area contributed by atoms with Crippen LogP contribution in [0.15, 0.2) is 24.4 Å². The molecule has 0 aliphatic heterocycles. The zero-order valence-corrected chi connectivity index (χ0v) is 9.90. The molecule has 0 saturated heterocycles. The highest BCUT2D eigenvalue weighted by atomic mass is 16.4. The van der Waals surface area contributed by atoms with Crippen LogP contribution in [0.5, 0.6) is 0 Å². The van der Waals surface area contributed by atoms with Gasteiger partial charge in [-0.3, -0.25) is 4.79 Å². The van der Waals surface area contributed by atoms with Gasteiger partial charge >= 0.3 is 5.97 Å². The molecular formula is C13H16N2O2. The molecule has 1 unspecified atom stereocenters. The third kappa shape index (κ3) is 1.91. The highest BCUT2D eigenvalue weighted by Crippen LogP contribution is 2.28. The van der Waals surface area contributed by atoms with Gasteiger partial charge in [0.05, 0.1) is 0 Å². The maximum absolute atomic E-state index is 10.9. The van der Waals surface area contributed by atoms with E-state index < -0.39 is 12.0 Å². The summed E-state index contributed by atoms with van der Waals surface area (Å²) in [5.41, 5.74) is 8.82. The first kappa shape index (κ1) is 11.7. The van der Waals surface area contributed by atoms with Crippen molar-refractivity contribution in [1.29, 1.82) is 0 Å². The Morgan fingerprint density at radius 1 is 1.47 bits per heavy atom. The zero-order valence-electron chi connectivity index (χ0n) is 9.90. The van der Waals surface area contributed by atoms with Crippen LogP contribution in [0.4, 0.5) is 0 Å². The van der Waals surface area contributed by atoms with E-state index in [1.165, 1.54) is 0 Å². The van der Waals surface area contributed by atoms with Crippen molar-refractivity contribution in [2.24, 2.45) is 5.73 Å². The lowest BCUT2D eigenvalue weighted by atomic mass is 9.93. The lowest BCUT2D eigenvalue weighted by Crippen LogP contribution is -2.35. The number of aryl methyl sites for hydroxylation is 1. The van der Waals surface area contributed by atoms with Crippen LogP contribution >= 0.6 is 0 Å². The third-order valence-electron chi connectivity index (χ3n) is 3.27. The number of hydrogen-bond donors (Lipinski definition) is 3. The number of carboxylic acid groups (broad SMARTS) is 1. The first-order chi connectivity index (χ1) is 8.02. The molecule has 17 heavy (non-hydrogen) atoms. The van der Waals surface area contributed by atoms with E-state index in [2.05, 4.69) is 4.98 Å². The molecule has 90 valence electrons. The molecule has 4 N–H and O–H groups in total. The number of hydrogen-bond acceptors (Lipinski definition) is 2. The second-order valence-electron chi connectivity index (χ2n) is 4.39. The summed E-state index contributed by atoms with van der Waals surface area (Å²) in [6, 6.07) is 5.09. The van der Waals surface area contributed by atoms with E-state index >= 15 is 0 Å². The minimum absolute atomic E-state index is 0.219. The van der Waals surface area contributed by atoms with Crippen LogP contribution < -0.4 is 5.73 Å². The van der Waals surface area contributed by atoms with Gasteiger partial charge in [0.15, 0.2) is 0 Å². The highest BCUT2D eigenvalue weighted by molar-refractivity contribution is 5.87. The van der Waals surface area contributed by atoms with Crippen molar-refractivity contribution < 1.29 is 9.90 Å². The third-order valence-corrected chi connectivity index (χ3v) is 3.27. The van der Waals surface area contributed by atoms with Crippen molar-refractivity contribution in [1.82, 2.24) is 4.98 Å². The predicted molar refractivity (Wildman–Crippen MR) is 67.1 cm³/mol. The Morgan fingerprint density at radius 3 is 2.82 bits per heavy atom. The second-order valence-corrected chi connectivity index (χ2v) is 4.39. The predicted octanol–water partition coefficient (Wildman–Crippen LogP) is 1.99. The Bertz CT molecular complexity index is 560. The molecular weight excluding hydrogens is 216 g/mol. The minimum Gasteiger partial charge on any atom is -0.480 e. The Hall–Kier alpha value is -1.81. The van der Waals surface area contributed by atoms with E-state index in [1.807, 2.05) is 38.2 Å². The molecule has 1 aromatic carbocycles. The summed E-state index contributed by atoms with van der Waals surface area (Å²) in [5.74, 6) is -1.19. The number of nitrogens with two attached hydrogens (primary N) is 1.